The lowest BCUT2D eigenvalue weighted by atomic mass is 10.1. The standard InChI is InChI=1S/C23H23N7O4S/c1-35(32,33)29-18-4-2-3-16(13-18)21-26-19-14-24-28-20(19)22(27-21)25-17-7-5-15(6-8-17)23(31)30-9-11-34-12-10-30/h2-8,13-14,29H,9-12H2,1H3,(H,24,28)(H,25,26,27). The van der Waals surface area contributed by atoms with Crippen LogP contribution in [-0.2, 0) is 14.8 Å². The third-order valence-corrected chi connectivity index (χ3v) is 6.02. The van der Waals surface area contributed by atoms with Crippen LogP contribution >= 0.6 is 0 Å². The van der Waals surface area contributed by atoms with Gasteiger partial charge in [-0.3, -0.25) is 14.6 Å². The lowest BCUT2D eigenvalue weighted by molar-refractivity contribution is 0.0303. The Kier molecular flexibility index (Phi) is 6.05. The van der Waals surface area contributed by atoms with Crippen molar-refractivity contribution < 1.29 is 17.9 Å². The number of rotatable bonds is 6. The summed E-state index contributed by atoms with van der Waals surface area (Å²) in [5.41, 5.74) is 3.59. The molecule has 0 atom stereocenters. The Balaban J connectivity index is 1.42. The zero-order chi connectivity index (χ0) is 24.4. The van der Waals surface area contributed by atoms with Crippen LogP contribution in [0.15, 0.2) is 54.7 Å². The summed E-state index contributed by atoms with van der Waals surface area (Å²) >= 11 is 0. The molecule has 3 N–H and O–H groups in total. The van der Waals surface area contributed by atoms with E-state index in [0.717, 1.165) is 11.9 Å². The third kappa shape index (κ3) is 5.23. The van der Waals surface area contributed by atoms with Gasteiger partial charge in [0.1, 0.15) is 11.0 Å². The van der Waals surface area contributed by atoms with Crippen molar-refractivity contribution in [2.75, 3.05) is 42.6 Å². The van der Waals surface area contributed by atoms with Crippen molar-refractivity contribution in [1.29, 1.82) is 0 Å². The fraction of sp³-hybridized carbons (Fsp3) is 0.217. The molecule has 35 heavy (non-hydrogen) atoms. The minimum Gasteiger partial charge on any atom is -0.378 e. The van der Waals surface area contributed by atoms with Crippen molar-refractivity contribution in [3.63, 3.8) is 0 Å². The highest BCUT2D eigenvalue weighted by Crippen LogP contribution is 2.27. The van der Waals surface area contributed by atoms with Gasteiger partial charge in [0, 0.05) is 35.6 Å². The number of benzene rings is 2. The van der Waals surface area contributed by atoms with Crippen LogP contribution in [0.3, 0.4) is 0 Å². The van der Waals surface area contributed by atoms with Gasteiger partial charge < -0.3 is 15.0 Å². The topological polar surface area (TPSA) is 142 Å². The van der Waals surface area contributed by atoms with Gasteiger partial charge in [-0.2, -0.15) is 5.10 Å². The van der Waals surface area contributed by atoms with Crippen LogP contribution in [0.5, 0.6) is 0 Å². The summed E-state index contributed by atoms with van der Waals surface area (Å²) in [5, 5.41) is 10.2. The molecular formula is C23H23N7O4S. The van der Waals surface area contributed by atoms with Crippen molar-refractivity contribution >= 4 is 44.2 Å². The fourth-order valence-corrected chi connectivity index (χ4v) is 4.33. The van der Waals surface area contributed by atoms with E-state index in [1.54, 1.807) is 47.5 Å². The molecule has 0 spiro atoms. The van der Waals surface area contributed by atoms with Gasteiger partial charge in [0.15, 0.2) is 11.6 Å². The van der Waals surface area contributed by atoms with Crippen LogP contribution in [0.2, 0.25) is 0 Å². The predicted molar refractivity (Wildman–Crippen MR) is 132 cm³/mol. The number of nitrogens with zero attached hydrogens (tertiary/aromatic N) is 4. The molecule has 1 fully saturated rings. The average molecular weight is 494 g/mol. The van der Waals surface area contributed by atoms with Crippen LogP contribution in [-0.4, -0.2) is 71.9 Å². The molecule has 1 saturated heterocycles. The Hall–Kier alpha value is -4.03. The van der Waals surface area contributed by atoms with Crippen molar-refractivity contribution in [2.24, 2.45) is 0 Å². The summed E-state index contributed by atoms with van der Waals surface area (Å²) in [6.07, 6.45) is 2.68. The number of ether oxygens (including phenoxy) is 1. The third-order valence-electron chi connectivity index (χ3n) is 5.42. The van der Waals surface area contributed by atoms with Gasteiger partial charge in [-0.25, -0.2) is 18.4 Å². The smallest absolute Gasteiger partial charge is 0.254 e. The second-order valence-electron chi connectivity index (χ2n) is 8.09. The van der Waals surface area contributed by atoms with Gasteiger partial charge in [0.2, 0.25) is 10.0 Å². The van der Waals surface area contributed by atoms with Crippen molar-refractivity contribution in [1.82, 2.24) is 25.1 Å². The summed E-state index contributed by atoms with van der Waals surface area (Å²) in [4.78, 5) is 23.7. The molecule has 5 rings (SSSR count). The van der Waals surface area contributed by atoms with Crippen LogP contribution in [0.4, 0.5) is 17.2 Å². The van der Waals surface area contributed by atoms with E-state index in [1.807, 2.05) is 12.1 Å². The van der Waals surface area contributed by atoms with Gasteiger partial charge in [0.25, 0.3) is 5.91 Å². The molecule has 1 amide bonds. The van der Waals surface area contributed by atoms with Crippen LogP contribution in [0.1, 0.15) is 10.4 Å². The number of hydrogen-bond acceptors (Lipinski definition) is 8. The van der Waals surface area contributed by atoms with E-state index in [1.165, 1.54) is 0 Å². The summed E-state index contributed by atoms with van der Waals surface area (Å²) in [7, 11) is -3.42. The summed E-state index contributed by atoms with van der Waals surface area (Å²) in [6.45, 7) is 2.27. The second kappa shape index (κ2) is 9.31. The minimum absolute atomic E-state index is 0.0253. The number of carbonyl (C=O) groups is 1. The lowest BCUT2D eigenvalue weighted by Gasteiger charge is -2.26. The second-order valence-corrected chi connectivity index (χ2v) is 9.84. The predicted octanol–water partition coefficient (Wildman–Crippen LogP) is 2.61. The number of amides is 1. The number of fused-ring (bicyclic) bond motifs is 1. The number of aromatic nitrogens is 4. The monoisotopic (exact) mass is 493 g/mol. The number of hydrogen-bond donors (Lipinski definition) is 3. The maximum Gasteiger partial charge on any atom is 0.254 e. The molecule has 4 aromatic rings. The Bertz CT molecular complexity index is 1480. The van der Waals surface area contributed by atoms with E-state index < -0.39 is 10.0 Å². The maximum absolute atomic E-state index is 12.7. The fourth-order valence-electron chi connectivity index (χ4n) is 3.78. The molecule has 2 aromatic heterocycles. The lowest BCUT2D eigenvalue weighted by Crippen LogP contribution is -2.40. The molecule has 180 valence electrons. The molecule has 11 nitrogen and oxygen atoms in total. The van der Waals surface area contributed by atoms with Crippen molar-refractivity contribution in [3.8, 4) is 11.4 Å². The van der Waals surface area contributed by atoms with E-state index >= 15 is 0 Å². The average Bonchev–Trinajstić information content (AvgIpc) is 3.33. The molecule has 0 bridgehead atoms. The zero-order valence-electron chi connectivity index (χ0n) is 18.9. The molecule has 2 aromatic carbocycles. The van der Waals surface area contributed by atoms with E-state index in [9.17, 15) is 13.2 Å². The van der Waals surface area contributed by atoms with Crippen molar-refractivity contribution in [2.45, 2.75) is 0 Å². The molecule has 3 heterocycles. The molecule has 0 unspecified atom stereocenters. The summed E-state index contributed by atoms with van der Waals surface area (Å²) in [6, 6.07) is 14.0. The van der Waals surface area contributed by atoms with E-state index in [-0.39, 0.29) is 5.91 Å². The molecule has 12 heteroatoms. The SMILES string of the molecule is CS(=O)(=O)Nc1cccc(-c2nc(Nc3ccc(C(=O)N4CCOCC4)cc3)c3[nH]ncc3n2)c1. The van der Waals surface area contributed by atoms with Crippen LogP contribution < -0.4 is 10.0 Å². The number of morpholine rings is 1. The Labute approximate surface area is 201 Å². The van der Waals surface area contributed by atoms with Gasteiger partial charge in [-0.1, -0.05) is 12.1 Å². The quantitative estimate of drug-likeness (QED) is 0.372. The molecule has 0 radical (unpaired) electrons. The first-order chi connectivity index (χ1) is 16.9. The van der Waals surface area contributed by atoms with E-state index in [0.29, 0.717) is 65.8 Å². The van der Waals surface area contributed by atoms with Gasteiger partial charge in [-0.05, 0) is 36.4 Å². The number of sulfonamides is 1. The number of carbonyl (C=O) groups excluding carboxylic acids is 1. The first-order valence-corrected chi connectivity index (χ1v) is 12.8. The molecule has 0 saturated carbocycles. The normalized spacial score (nSPS) is 14.1. The minimum atomic E-state index is -3.42. The molecule has 1 aliphatic heterocycles. The Morgan fingerprint density at radius 2 is 1.83 bits per heavy atom. The maximum atomic E-state index is 12.7. The highest BCUT2D eigenvalue weighted by atomic mass is 32.2. The zero-order valence-corrected chi connectivity index (χ0v) is 19.7. The van der Waals surface area contributed by atoms with Gasteiger partial charge in [0.05, 0.1) is 25.7 Å². The van der Waals surface area contributed by atoms with Crippen LogP contribution in [0.25, 0.3) is 22.4 Å². The first-order valence-electron chi connectivity index (χ1n) is 10.9. The molecular weight excluding hydrogens is 470 g/mol. The largest absolute Gasteiger partial charge is 0.378 e. The van der Waals surface area contributed by atoms with Crippen molar-refractivity contribution in [3.05, 3.63) is 60.3 Å². The number of anilines is 3. The molecule has 1 aliphatic rings. The Morgan fingerprint density at radius 1 is 1.06 bits per heavy atom. The van der Waals surface area contributed by atoms with Crippen LogP contribution in [0, 0.1) is 0 Å². The summed E-state index contributed by atoms with van der Waals surface area (Å²) < 4.78 is 31.0. The van der Waals surface area contributed by atoms with Gasteiger partial charge >= 0.3 is 0 Å². The molecule has 0 aliphatic carbocycles. The van der Waals surface area contributed by atoms with Gasteiger partial charge in [-0.15, -0.1) is 0 Å². The highest BCUT2D eigenvalue weighted by Gasteiger charge is 2.18. The Morgan fingerprint density at radius 3 is 2.57 bits per heavy atom. The number of nitrogens with one attached hydrogen (secondary N) is 3. The first kappa shape index (κ1) is 22.7. The highest BCUT2D eigenvalue weighted by molar-refractivity contribution is 7.92. The van der Waals surface area contributed by atoms with E-state index in [2.05, 4.69) is 30.2 Å². The number of H-pyrrole nitrogens is 1. The van der Waals surface area contributed by atoms with E-state index in [4.69, 9.17) is 4.74 Å². The number of aromatic amines is 1. The summed E-state index contributed by atoms with van der Waals surface area (Å²) in [5.74, 6) is 0.872.